The van der Waals surface area contributed by atoms with Crippen LogP contribution in [0.2, 0.25) is 0 Å². The largest absolute Gasteiger partial charge is 0.187 e. The fraction of sp³-hybridized carbons (Fsp3) is 0.0588. The van der Waals surface area contributed by atoms with Gasteiger partial charge in [-0.15, -0.1) is 0 Å². The number of hydrogen-bond acceptors (Lipinski definition) is 1. The molecule has 2 aromatic rings. The van der Waals surface area contributed by atoms with Crippen molar-refractivity contribution in [2.24, 2.45) is 5.84 Å². The van der Waals surface area contributed by atoms with E-state index in [9.17, 15) is 0 Å². The standard InChI is InChI=1S/C17H19N2/c1-4-14-6-10-16(11-7-14)19(3,18)17-12-8-15(5-2)9-13-17/h4-13H,1-2,18H2,3H3/q+1. The predicted octanol–water partition coefficient (Wildman–Crippen LogP) is 4.12. The monoisotopic (exact) mass is 251 g/mol. The summed E-state index contributed by atoms with van der Waals surface area (Å²) >= 11 is 0. The number of nitrogens with two attached hydrogens (primary N) is 1. The highest BCUT2D eigenvalue weighted by atomic mass is 15.6. The summed E-state index contributed by atoms with van der Waals surface area (Å²) in [5.41, 5.74) is 4.23. The molecule has 96 valence electrons. The minimum absolute atomic E-state index is 0.217. The van der Waals surface area contributed by atoms with Crippen LogP contribution in [0.5, 0.6) is 0 Å². The van der Waals surface area contributed by atoms with Crippen molar-refractivity contribution in [1.29, 1.82) is 0 Å². The second kappa shape index (κ2) is 5.22. The Morgan fingerprint density at radius 2 is 1.11 bits per heavy atom. The molecule has 0 saturated heterocycles. The van der Waals surface area contributed by atoms with Crippen LogP contribution in [0.15, 0.2) is 61.7 Å². The SMILES string of the molecule is C=Cc1ccc([N+](C)(N)c2ccc(C=C)cc2)cc1. The molecule has 0 fully saturated rings. The van der Waals surface area contributed by atoms with E-state index in [1.807, 2.05) is 67.7 Å². The van der Waals surface area contributed by atoms with Gasteiger partial charge < -0.3 is 0 Å². The van der Waals surface area contributed by atoms with Crippen LogP contribution in [0.1, 0.15) is 11.1 Å². The molecule has 0 saturated carbocycles. The summed E-state index contributed by atoms with van der Waals surface area (Å²) in [6.07, 6.45) is 3.65. The van der Waals surface area contributed by atoms with Crippen molar-refractivity contribution in [3.8, 4) is 0 Å². The molecule has 2 rings (SSSR count). The van der Waals surface area contributed by atoms with E-state index in [0.29, 0.717) is 0 Å². The summed E-state index contributed by atoms with van der Waals surface area (Å²) in [5.74, 6) is 6.43. The van der Waals surface area contributed by atoms with E-state index in [2.05, 4.69) is 13.2 Å². The molecule has 2 aromatic carbocycles. The Morgan fingerprint density at radius 3 is 1.37 bits per heavy atom. The molecule has 0 heterocycles. The van der Waals surface area contributed by atoms with Crippen LogP contribution in [0, 0.1) is 0 Å². The zero-order valence-electron chi connectivity index (χ0n) is 11.2. The second-order valence-electron chi connectivity index (χ2n) is 4.67. The summed E-state index contributed by atoms with van der Waals surface area (Å²) < 4.78 is 0.217. The second-order valence-corrected chi connectivity index (χ2v) is 4.67. The van der Waals surface area contributed by atoms with Crippen LogP contribution >= 0.6 is 0 Å². The van der Waals surface area contributed by atoms with E-state index in [0.717, 1.165) is 22.5 Å². The highest BCUT2D eigenvalue weighted by Crippen LogP contribution is 2.29. The lowest BCUT2D eigenvalue weighted by Crippen LogP contribution is -2.46. The van der Waals surface area contributed by atoms with Gasteiger partial charge in [-0.3, -0.25) is 0 Å². The molecule has 0 amide bonds. The van der Waals surface area contributed by atoms with Gasteiger partial charge in [0.2, 0.25) is 0 Å². The van der Waals surface area contributed by atoms with Crippen molar-refractivity contribution < 1.29 is 0 Å². The minimum atomic E-state index is 0.217. The van der Waals surface area contributed by atoms with Gasteiger partial charge in [-0.25, -0.2) is 0 Å². The van der Waals surface area contributed by atoms with E-state index in [4.69, 9.17) is 5.84 Å². The fourth-order valence-corrected chi connectivity index (χ4v) is 1.99. The van der Waals surface area contributed by atoms with Gasteiger partial charge in [0.25, 0.3) is 0 Å². The molecule has 2 nitrogen and oxygen atoms in total. The molecule has 2 N–H and O–H groups in total. The highest BCUT2D eigenvalue weighted by Gasteiger charge is 2.23. The normalized spacial score (nSPS) is 11.1. The lowest BCUT2D eigenvalue weighted by Gasteiger charge is -2.27. The van der Waals surface area contributed by atoms with Crippen molar-refractivity contribution in [2.75, 3.05) is 7.05 Å². The Bertz CT molecular complexity index is 524. The Labute approximate surface area is 114 Å². The number of hydrogen-bond donors (Lipinski definition) is 1. The van der Waals surface area contributed by atoms with Crippen LogP contribution < -0.4 is 10.4 Å². The van der Waals surface area contributed by atoms with Crippen molar-refractivity contribution in [1.82, 2.24) is 4.59 Å². The molecule has 0 bridgehead atoms. The molecular weight excluding hydrogens is 232 g/mol. The van der Waals surface area contributed by atoms with Crippen LogP contribution in [0.4, 0.5) is 11.4 Å². The Kier molecular flexibility index (Phi) is 3.65. The number of rotatable bonds is 4. The molecule has 0 radical (unpaired) electrons. The maximum absolute atomic E-state index is 6.43. The number of nitrogens with zero attached hydrogens (tertiary/aromatic N) is 1. The average molecular weight is 251 g/mol. The summed E-state index contributed by atoms with van der Waals surface area (Å²) in [7, 11) is 1.96. The van der Waals surface area contributed by atoms with E-state index >= 15 is 0 Å². The topological polar surface area (TPSA) is 26.0 Å². The summed E-state index contributed by atoms with van der Waals surface area (Å²) in [5, 5.41) is 0. The average Bonchev–Trinajstić information content (AvgIpc) is 2.47. The van der Waals surface area contributed by atoms with Crippen molar-refractivity contribution in [3.05, 3.63) is 72.8 Å². The first-order chi connectivity index (χ1) is 9.07. The Morgan fingerprint density at radius 1 is 0.789 bits per heavy atom. The van der Waals surface area contributed by atoms with Crippen LogP contribution in [-0.2, 0) is 0 Å². The first-order valence-electron chi connectivity index (χ1n) is 6.19. The van der Waals surface area contributed by atoms with Crippen LogP contribution in [0.25, 0.3) is 12.2 Å². The maximum Gasteiger partial charge on any atom is 0.156 e. The summed E-state index contributed by atoms with van der Waals surface area (Å²) in [4.78, 5) is 0. The zero-order valence-corrected chi connectivity index (χ0v) is 11.2. The van der Waals surface area contributed by atoms with Gasteiger partial charge in [0, 0.05) is 24.3 Å². The quantitative estimate of drug-likeness (QED) is 0.494. The molecule has 0 atom stereocenters. The van der Waals surface area contributed by atoms with Crippen molar-refractivity contribution in [2.45, 2.75) is 0 Å². The summed E-state index contributed by atoms with van der Waals surface area (Å²) in [6, 6.07) is 16.2. The Balaban J connectivity index is 2.38. The van der Waals surface area contributed by atoms with Gasteiger partial charge in [0.1, 0.15) is 0 Å². The van der Waals surface area contributed by atoms with E-state index < -0.39 is 0 Å². The van der Waals surface area contributed by atoms with Gasteiger partial charge in [-0.05, 0) is 35.4 Å². The molecule has 0 aliphatic rings. The third-order valence-corrected chi connectivity index (χ3v) is 3.33. The minimum Gasteiger partial charge on any atom is -0.187 e. The van der Waals surface area contributed by atoms with Gasteiger partial charge in [0.05, 0.1) is 7.05 Å². The molecule has 2 heteroatoms. The predicted molar refractivity (Wildman–Crippen MR) is 84.6 cm³/mol. The van der Waals surface area contributed by atoms with Gasteiger partial charge in [-0.1, -0.05) is 25.3 Å². The summed E-state index contributed by atoms with van der Waals surface area (Å²) in [6.45, 7) is 7.51. The first kappa shape index (κ1) is 13.3. The third kappa shape index (κ3) is 2.65. The molecule has 0 aliphatic carbocycles. The van der Waals surface area contributed by atoms with Gasteiger partial charge in [0.15, 0.2) is 11.4 Å². The molecule has 0 unspecified atom stereocenters. The molecular formula is C17H19N2+. The molecule has 0 aliphatic heterocycles. The van der Waals surface area contributed by atoms with E-state index in [-0.39, 0.29) is 4.59 Å². The fourth-order valence-electron chi connectivity index (χ4n) is 1.99. The van der Waals surface area contributed by atoms with Gasteiger partial charge in [-0.2, -0.15) is 10.4 Å². The van der Waals surface area contributed by atoms with Crippen molar-refractivity contribution in [3.63, 3.8) is 0 Å². The lowest BCUT2D eigenvalue weighted by atomic mass is 10.1. The molecule has 19 heavy (non-hydrogen) atoms. The maximum atomic E-state index is 6.43. The van der Waals surface area contributed by atoms with E-state index in [1.54, 1.807) is 0 Å². The third-order valence-electron chi connectivity index (χ3n) is 3.33. The molecule has 0 aromatic heterocycles. The Hall–Kier alpha value is -2.16. The van der Waals surface area contributed by atoms with Gasteiger partial charge >= 0.3 is 0 Å². The van der Waals surface area contributed by atoms with Crippen LogP contribution in [-0.4, -0.2) is 7.05 Å². The van der Waals surface area contributed by atoms with Crippen LogP contribution in [0.3, 0.4) is 0 Å². The zero-order chi connectivity index (χ0) is 13.9. The number of benzene rings is 2. The van der Waals surface area contributed by atoms with E-state index in [1.165, 1.54) is 0 Å². The first-order valence-corrected chi connectivity index (χ1v) is 6.19. The number of quaternary nitrogens is 1. The highest BCUT2D eigenvalue weighted by molar-refractivity contribution is 5.61. The smallest absolute Gasteiger partial charge is 0.156 e. The van der Waals surface area contributed by atoms with Crippen molar-refractivity contribution >= 4 is 23.5 Å². The molecule has 0 spiro atoms. The lowest BCUT2D eigenvalue weighted by molar-refractivity contribution is 0.482.